The lowest BCUT2D eigenvalue weighted by Crippen LogP contribution is -2.15. The van der Waals surface area contributed by atoms with E-state index < -0.39 is 0 Å². The topological polar surface area (TPSA) is 46.2 Å². The number of benzene rings is 1. The SMILES string of the molecule is CNNc1ccc2cccc(OC)c2n1. The highest BCUT2D eigenvalue weighted by Crippen LogP contribution is 2.24. The summed E-state index contributed by atoms with van der Waals surface area (Å²) in [5.41, 5.74) is 6.63. The highest BCUT2D eigenvalue weighted by atomic mass is 16.5. The van der Waals surface area contributed by atoms with Crippen molar-refractivity contribution >= 4 is 16.7 Å². The summed E-state index contributed by atoms with van der Waals surface area (Å²) in [5, 5.41) is 1.07. The smallest absolute Gasteiger partial charge is 0.145 e. The molecule has 1 aromatic carbocycles. The molecule has 0 aliphatic carbocycles. The van der Waals surface area contributed by atoms with Gasteiger partial charge in [0.25, 0.3) is 0 Å². The number of nitrogens with one attached hydrogen (secondary N) is 2. The average molecular weight is 203 g/mol. The second kappa shape index (κ2) is 4.14. The number of anilines is 1. The molecule has 4 heteroatoms. The highest BCUT2D eigenvalue weighted by Gasteiger charge is 2.02. The number of methoxy groups -OCH3 is 1. The first-order chi connectivity index (χ1) is 7.35. The average Bonchev–Trinajstić information content (AvgIpc) is 2.28. The fourth-order valence-corrected chi connectivity index (χ4v) is 1.48. The molecule has 0 bridgehead atoms. The zero-order valence-corrected chi connectivity index (χ0v) is 8.74. The fraction of sp³-hybridized carbons (Fsp3) is 0.182. The van der Waals surface area contributed by atoms with E-state index in [4.69, 9.17) is 4.74 Å². The van der Waals surface area contributed by atoms with Gasteiger partial charge in [-0.05, 0) is 18.2 Å². The Morgan fingerprint density at radius 3 is 2.80 bits per heavy atom. The second-order valence-electron chi connectivity index (χ2n) is 3.10. The van der Waals surface area contributed by atoms with Crippen molar-refractivity contribution in [1.82, 2.24) is 10.4 Å². The van der Waals surface area contributed by atoms with E-state index in [9.17, 15) is 0 Å². The van der Waals surface area contributed by atoms with Crippen molar-refractivity contribution in [3.8, 4) is 5.75 Å². The first-order valence-corrected chi connectivity index (χ1v) is 4.71. The van der Waals surface area contributed by atoms with Crippen LogP contribution in [0.1, 0.15) is 0 Å². The van der Waals surface area contributed by atoms with Crippen LogP contribution in [-0.4, -0.2) is 19.1 Å². The Morgan fingerprint density at radius 2 is 2.07 bits per heavy atom. The van der Waals surface area contributed by atoms with Gasteiger partial charge in [-0.1, -0.05) is 12.1 Å². The minimum atomic E-state index is 0.773. The zero-order valence-electron chi connectivity index (χ0n) is 8.74. The molecule has 4 nitrogen and oxygen atoms in total. The van der Waals surface area contributed by atoms with Gasteiger partial charge in [0, 0.05) is 12.4 Å². The van der Waals surface area contributed by atoms with E-state index in [2.05, 4.69) is 15.8 Å². The summed E-state index contributed by atoms with van der Waals surface area (Å²) in [7, 11) is 3.45. The quantitative estimate of drug-likeness (QED) is 0.746. The van der Waals surface area contributed by atoms with Crippen molar-refractivity contribution in [2.75, 3.05) is 19.6 Å². The third-order valence-electron chi connectivity index (χ3n) is 2.16. The Hall–Kier alpha value is -1.81. The molecule has 0 unspecified atom stereocenters. The van der Waals surface area contributed by atoms with Gasteiger partial charge in [-0.25, -0.2) is 10.4 Å². The number of rotatable bonds is 3. The van der Waals surface area contributed by atoms with Crippen LogP contribution < -0.4 is 15.6 Å². The first-order valence-electron chi connectivity index (χ1n) is 4.71. The molecular weight excluding hydrogens is 190 g/mol. The van der Waals surface area contributed by atoms with E-state index >= 15 is 0 Å². The van der Waals surface area contributed by atoms with Crippen LogP contribution in [0.25, 0.3) is 10.9 Å². The van der Waals surface area contributed by atoms with Gasteiger partial charge in [-0.3, -0.25) is 0 Å². The van der Waals surface area contributed by atoms with E-state index in [1.807, 2.05) is 30.3 Å². The van der Waals surface area contributed by atoms with Gasteiger partial charge in [-0.15, -0.1) is 0 Å². The van der Waals surface area contributed by atoms with Crippen LogP contribution >= 0.6 is 0 Å². The molecule has 0 saturated carbocycles. The fourth-order valence-electron chi connectivity index (χ4n) is 1.48. The summed E-state index contributed by atoms with van der Waals surface area (Å²) < 4.78 is 5.25. The van der Waals surface area contributed by atoms with Crippen LogP contribution in [0, 0.1) is 0 Å². The highest BCUT2D eigenvalue weighted by molar-refractivity contribution is 5.85. The minimum absolute atomic E-state index is 0.773. The number of para-hydroxylation sites is 1. The molecule has 0 fully saturated rings. The predicted octanol–water partition coefficient (Wildman–Crippen LogP) is 1.79. The molecule has 1 aromatic heterocycles. The zero-order chi connectivity index (χ0) is 10.7. The molecule has 2 rings (SSSR count). The number of hydrazine groups is 1. The third kappa shape index (κ3) is 1.85. The maximum Gasteiger partial charge on any atom is 0.145 e. The number of ether oxygens (including phenoxy) is 1. The molecule has 0 aliphatic rings. The van der Waals surface area contributed by atoms with Crippen molar-refractivity contribution < 1.29 is 4.74 Å². The molecule has 15 heavy (non-hydrogen) atoms. The van der Waals surface area contributed by atoms with E-state index in [1.54, 1.807) is 14.2 Å². The maximum absolute atomic E-state index is 5.25. The molecule has 0 saturated heterocycles. The van der Waals surface area contributed by atoms with Gasteiger partial charge < -0.3 is 10.2 Å². The van der Waals surface area contributed by atoms with Gasteiger partial charge in [0.1, 0.15) is 17.1 Å². The van der Waals surface area contributed by atoms with Crippen molar-refractivity contribution in [3.63, 3.8) is 0 Å². The van der Waals surface area contributed by atoms with Crippen LogP contribution in [0.15, 0.2) is 30.3 Å². The van der Waals surface area contributed by atoms with Crippen LogP contribution in [0.3, 0.4) is 0 Å². The normalized spacial score (nSPS) is 10.3. The lowest BCUT2D eigenvalue weighted by atomic mass is 10.2. The van der Waals surface area contributed by atoms with E-state index in [0.717, 1.165) is 22.5 Å². The minimum Gasteiger partial charge on any atom is -0.494 e. The number of nitrogens with zero attached hydrogens (tertiary/aromatic N) is 1. The Bertz CT molecular complexity index is 470. The molecule has 1 heterocycles. The van der Waals surface area contributed by atoms with Gasteiger partial charge in [0.2, 0.25) is 0 Å². The van der Waals surface area contributed by atoms with E-state index in [0.29, 0.717) is 0 Å². The number of aromatic nitrogens is 1. The lowest BCUT2D eigenvalue weighted by Gasteiger charge is -2.07. The molecule has 2 N–H and O–H groups in total. The van der Waals surface area contributed by atoms with Crippen molar-refractivity contribution in [2.45, 2.75) is 0 Å². The Balaban J connectivity index is 2.57. The number of hydrogen-bond acceptors (Lipinski definition) is 4. The summed E-state index contributed by atoms with van der Waals surface area (Å²) in [6.45, 7) is 0. The van der Waals surface area contributed by atoms with Crippen molar-refractivity contribution in [2.24, 2.45) is 0 Å². The van der Waals surface area contributed by atoms with E-state index in [-0.39, 0.29) is 0 Å². The lowest BCUT2D eigenvalue weighted by molar-refractivity contribution is 0.419. The number of fused-ring (bicyclic) bond motifs is 1. The summed E-state index contributed by atoms with van der Waals surface area (Å²) in [6, 6.07) is 9.78. The summed E-state index contributed by atoms with van der Waals surface area (Å²) in [5.74, 6) is 1.56. The summed E-state index contributed by atoms with van der Waals surface area (Å²) in [6.07, 6.45) is 0. The molecule has 0 spiro atoms. The molecule has 2 aromatic rings. The first kappa shape index (κ1) is 9.73. The molecule has 78 valence electrons. The van der Waals surface area contributed by atoms with Gasteiger partial charge in [-0.2, -0.15) is 0 Å². The van der Waals surface area contributed by atoms with Gasteiger partial charge in [0.05, 0.1) is 7.11 Å². The number of hydrogen-bond donors (Lipinski definition) is 2. The summed E-state index contributed by atoms with van der Waals surface area (Å²) >= 11 is 0. The van der Waals surface area contributed by atoms with E-state index in [1.165, 1.54) is 0 Å². The van der Waals surface area contributed by atoms with Crippen LogP contribution in [0.5, 0.6) is 5.75 Å². The van der Waals surface area contributed by atoms with Gasteiger partial charge in [0.15, 0.2) is 0 Å². The molecule has 0 atom stereocenters. The van der Waals surface area contributed by atoms with Crippen molar-refractivity contribution in [3.05, 3.63) is 30.3 Å². The predicted molar refractivity (Wildman–Crippen MR) is 61.0 cm³/mol. The Morgan fingerprint density at radius 1 is 1.20 bits per heavy atom. The van der Waals surface area contributed by atoms with Crippen LogP contribution in [0.2, 0.25) is 0 Å². The Kier molecular flexibility index (Phi) is 2.69. The van der Waals surface area contributed by atoms with Gasteiger partial charge >= 0.3 is 0 Å². The molecular formula is C11H13N3O. The Labute approximate surface area is 88.2 Å². The number of pyridine rings is 1. The molecule has 0 amide bonds. The van der Waals surface area contributed by atoms with Crippen LogP contribution in [-0.2, 0) is 0 Å². The van der Waals surface area contributed by atoms with Crippen molar-refractivity contribution in [1.29, 1.82) is 0 Å². The monoisotopic (exact) mass is 203 g/mol. The van der Waals surface area contributed by atoms with Crippen LogP contribution in [0.4, 0.5) is 5.82 Å². The largest absolute Gasteiger partial charge is 0.494 e. The third-order valence-corrected chi connectivity index (χ3v) is 2.16. The molecule has 0 radical (unpaired) electrons. The summed E-state index contributed by atoms with van der Waals surface area (Å²) in [4.78, 5) is 4.44. The standard InChI is InChI=1S/C11H13N3O/c1-12-14-10-7-6-8-4-3-5-9(15-2)11(8)13-10/h3-7,12H,1-2H3,(H,13,14). The molecule has 0 aliphatic heterocycles. The second-order valence-corrected chi connectivity index (χ2v) is 3.10. The maximum atomic E-state index is 5.25.